The molecule has 1 atom stereocenters. The minimum atomic E-state index is 0.242. The van der Waals surface area contributed by atoms with Gasteiger partial charge in [0.2, 0.25) is 5.91 Å². The summed E-state index contributed by atoms with van der Waals surface area (Å²) >= 11 is 0. The molecule has 1 unspecified atom stereocenters. The van der Waals surface area contributed by atoms with Crippen molar-refractivity contribution >= 4 is 5.91 Å². The third-order valence-corrected chi connectivity index (χ3v) is 4.34. The molecule has 0 aliphatic carbocycles. The molecule has 1 aromatic rings. The van der Waals surface area contributed by atoms with Gasteiger partial charge in [-0.05, 0) is 51.0 Å². The topological polar surface area (TPSA) is 58.2 Å². The molecule has 0 aromatic carbocycles. The van der Waals surface area contributed by atoms with Gasteiger partial charge in [0, 0.05) is 38.9 Å². The zero-order valence-electron chi connectivity index (χ0n) is 13.4. The van der Waals surface area contributed by atoms with Crippen LogP contribution in [0.15, 0.2) is 0 Å². The van der Waals surface area contributed by atoms with Crippen molar-refractivity contribution in [2.45, 2.75) is 46.0 Å². The molecule has 1 amide bonds. The van der Waals surface area contributed by atoms with Crippen LogP contribution in [-0.2, 0) is 16.0 Å². The van der Waals surface area contributed by atoms with Gasteiger partial charge in [-0.25, -0.2) is 0 Å². The number of aromatic nitrogens is 2. The molecule has 1 N–H and O–H groups in total. The van der Waals surface area contributed by atoms with E-state index in [0.29, 0.717) is 12.3 Å². The number of rotatable bonds is 6. The lowest BCUT2D eigenvalue weighted by atomic mass is 9.98. The van der Waals surface area contributed by atoms with E-state index in [1.807, 2.05) is 25.8 Å². The molecule has 0 spiro atoms. The number of carbonyl (C=O) groups excluding carboxylic acids is 1. The molecule has 2 heterocycles. The lowest BCUT2D eigenvalue weighted by Gasteiger charge is -2.24. The first-order chi connectivity index (χ1) is 10.1. The summed E-state index contributed by atoms with van der Waals surface area (Å²) < 4.78 is 5.44. The minimum Gasteiger partial charge on any atom is -0.381 e. The number of ether oxygens (including phenoxy) is 1. The van der Waals surface area contributed by atoms with Crippen LogP contribution in [0.1, 0.15) is 42.6 Å². The van der Waals surface area contributed by atoms with Crippen molar-refractivity contribution in [2.24, 2.45) is 5.92 Å². The maximum absolute atomic E-state index is 12.2. The Kier molecular flexibility index (Phi) is 5.79. The lowest BCUT2D eigenvalue weighted by Crippen LogP contribution is -2.31. The fraction of sp³-hybridized carbons (Fsp3) is 0.750. The van der Waals surface area contributed by atoms with Gasteiger partial charge in [0.15, 0.2) is 0 Å². The molecule has 21 heavy (non-hydrogen) atoms. The van der Waals surface area contributed by atoms with Gasteiger partial charge < -0.3 is 9.64 Å². The van der Waals surface area contributed by atoms with Crippen LogP contribution >= 0.6 is 0 Å². The Balaban J connectivity index is 1.71. The van der Waals surface area contributed by atoms with Crippen LogP contribution in [0.25, 0.3) is 0 Å². The highest BCUT2D eigenvalue weighted by Crippen LogP contribution is 2.18. The monoisotopic (exact) mass is 293 g/mol. The number of hydrogen-bond donors (Lipinski definition) is 1. The van der Waals surface area contributed by atoms with E-state index in [2.05, 4.69) is 10.2 Å². The highest BCUT2D eigenvalue weighted by atomic mass is 16.5. The lowest BCUT2D eigenvalue weighted by molar-refractivity contribution is -0.132. The molecular formula is C16H27N3O2. The first-order valence-corrected chi connectivity index (χ1v) is 7.90. The Hall–Kier alpha value is -1.36. The number of hydrogen-bond acceptors (Lipinski definition) is 3. The molecule has 1 saturated heterocycles. The molecule has 0 saturated carbocycles. The first-order valence-electron chi connectivity index (χ1n) is 7.90. The largest absolute Gasteiger partial charge is 0.381 e. The van der Waals surface area contributed by atoms with E-state index in [1.165, 1.54) is 5.56 Å². The Labute approximate surface area is 127 Å². The Morgan fingerprint density at radius 1 is 1.48 bits per heavy atom. The molecule has 5 heteroatoms. The van der Waals surface area contributed by atoms with Crippen molar-refractivity contribution in [1.29, 1.82) is 0 Å². The number of aryl methyl sites for hydroxylation is 2. The summed E-state index contributed by atoms with van der Waals surface area (Å²) in [6.45, 7) is 6.47. The molecule has 1 aliphatic heterocycles. The number of amides is 1. The Morgan fingerprint density at radius 2 is 2.29 bits per heavy atom. The Morgan fingerprint density at radius 3 is 2.90 bits per heavy atom. The van der Waals surface area contributed by atoms with Crippen LogP contribution in [-0.4, -0.2) is 47.8 Å². The van der Waals surface area contributed by atoms with E-state index >= 15 is 0 Å². The second-order valence-corrected chi connectivity index (χ2v) is 6.12. The molecule has 1 fully saturated rings. The predicted molar refractivity (Wildman–Crippen MR) is 82.2 cm³/mol. The molecule has 5 nitrogen and oxygen atoms in total. The van der Waals surface area contributed by atoms with Crippen LogP contribution in [0, 0.1) is 19.8 Å². The van der Waals surface area contributed by atoms with Crippen molar-refractivity contribution in [1.82, 2.24) is 15.1 Å². The van der Waals surface area contributed by atoms with E-state index in [4.69, 9.17) is 4.74 Å². The summed E-state index contributed by atoms with van der Waals surface area (Å²) in [6, 6.07) is 0. The third-order valence-electron chi connectivity index (χ3n) is 4.34. The van der Waals surface area contributed by atoms with E-state index in [1.54, 1.807) is 0 Å². The number of nitrogens with one attached hydrogen (secondary N) is 1. The highest BCUT2D eigenvalue weighted by molar-refractivity contribution is 5.76. The van der Waals surface area contributed by atoms with Gasteiger partial charge in [0.1, 0.15) is 0 Å². The van der Waals surface area contributed by atoms with Crippen LogP contribution in [0.3, 0.4) is 0 Å². The summed E-state index contributed by atoms with van der Waals surface area (Å²) in [4.78, 5) is 14.0. The van der Waals surface area contributed by atoms with Crippen LogP contribution < -0.4 is 0 Å². The smallest absolute Gasteiger partial charge is 0.222 e. The summed E-state index contributed by atoms with van der Waals surface area (Å²) in [5, 5.41) is 7.21. The molecule has 0 bridgehead atoms. The van der Waals surface area contributed by atoms with E-state index in [-0.39, 0.29) is 5.91 Å². The Bertz CT molecular complexity index is 445. The molecule has 2 rings (SSSR count). The van der Waals surface area contributed by atoms with Gasteiger partial charge in [-0.3, -0.25) is 9.89 Å². The van der Waals surface area contributed by atoms with Crippen LogP contribution in [0.2, 0.25) is 0 Å². The quantitative estimate of drug-likeness (QED) is 0.875. The maximum atomic E-state index is 12.2. The van der Waals surface area contributed by atoms with Gasteiger partial charge in [0.25, 0.3) is 0 Å². The molecule has 1 aliphatic rings. The highest BCUT2D eigenvalue weighted by Gasteiger charge is 2.19. The summed E-state index contributed by atoms with van der Waals surface area (Å²) in [5.41, 5.74) is 3.50. The zero-order valence-corrected chi connectivity index (χ0v) is 13.4. The van der Waals surface area contributed by atoms with Gasteiger partial charge >= 0.3 is 0 Å². The maximum Gasteiger partial charge on any atom is 0.222 e. The summed E-state index contributed by atoms with van der Waals surface area (Å²) in [7, 11) is 1.90. The number of H-pyrrole nitrogens is 1. The summed E-state index contributed by atoms with van der Waals surface area (Å²) in [5.74, 6) is 0.651. The number of carbonyl (C=O) groups is 1. The first kappa shape index (κ1) is 16.0. The third kappa shape index (κ3) is 4.56. The average Bonchev–Trinajstić information content (AvgIpc) is 2.80. The van der Waals surface area contributed by atoms with Crippen molar-refractivity contribution in [2.75, 3.05) is 26.8 Å². The minimum absolute atomic E-state index is 0.242. The van der Waals surface area contributed by atoms with Gasteiger partial charge in [-0.15, -0.1) is 0 Å². The number of aromatic amines is 1. The predicted octanol–water partition coefficient (Wildman–Crippen LogP) is 2.23. The normalized spacial score (nSPS) is 18.7. The van der Waals surface area contributed by atoms with Crippen LogP contribution in [0.5, 0.6) is 0 Å². The molecule has 1 aromatic heterocycles. The second-order valence-electron chi connectivity index (χ2n) is 6.12. The van der Waals surface area contributed by atoms with E-state index in [9.17, 15) is 4.79 Å². The summed E-state index contributed by atoms with van der Waals surface area (Å²) in [6.07, 6.45) is 4.77. The van der Waals surface area contributed by atoms with Gasteiger partial charge in [-0.1, -0.05) is 0 Å². The van der Waals surface area contributed by atoms with Crippen molar-refractivity contribution < 1.29 is 9.53 Å². The van der Waals surface area contributed by atoms with Gasteiger partial charge in [0.05, 0.1) is 5.69 Å². The van der Waals surface area contributed by atoms with Crippen molar-refractivity contribution in [3.63, 3.8) is 0 Å². The molecular weight excluding hydrogens is 266 g/mol. The average molecular weight is 293 g/mol. The number of nitrogens with zero attached hydrogens (tertiary/aromatic N) is 2. The van der Waals surface area contributed by atoms with E-state index in [0.717, 1.165) is 56.8 Å². The second kappa shape index (κ2) is 7.59. The van der Waals surface area contributed by atoms with Crippen LogP contribution in [0.4, 0.5) is 0 Å². The SMILES string of the molecule is Cc1n[nH]c(C)c1CCCN(C)C(=O)CC1CCCOC1. The standard InChI is InChI=1S/C16H27N3O2/c1-12-15(13(2)18-17-12)7-4-8-19(3)16(20)10-14-6-5-9-21-11-14/h14H,4-11H2,1-3H3,(H,17,18). The fourth-order valence-electron chi connectivity index (χ4n) is 2.93. The zero-order chi connectivity index (χ0) is 15.2. The fourth-order valence-corrected chi connectivity index (χ4v) is 2.93. The molecule has 118 valence electrons. The van der Waals surface area contributed by atoms with Crippen molar-refractivity contribution in [3.8, 4) is 0 Å². The van der Waals surface area contributed by atoms with Gasteiger partial charge in [-0.2, -0.15) is 5.10 Å². The molecule has 0 radical (unpaired) electrons. The van der Waals surface area contributed by atoms with E-state index < -0.39 is 0 Å². The van der Waals surface area contributed by atoms with Crippen molar-refractivity contribution in [3.05, 3.63) is 17.0 Å².